The summed E-state index contributed by atoms with van der Waals surface area (Å²) in [7, 11) is 1.77. The van der Waals surface area contributed by atoms with Gasteiger partial charge in [-0.3, -0.25) is 0 Å². The molecule has 0 saturated heterocycles. The fourth-order valence-electron chi connectivity index (χ4n) is 2.03. The Bertz CT molecular complexity index is 377. The third-order valence-electron chi connectivity index (χ3n) is 2.99. The van der Waals surface area contributed by atoms with Crippen molar-refractivity contribution in [3.8, 4) is 0 Å². The van der Waals surface area contributed by atoms with Crippen molar-refractivity contribution in [2.45, 2.75) is 26.4 Å². The molecule has 0 amide bonds. The van der Waals surface area contributed by atoms with E-state index in [2.05, 4.69) is 38.1 Å². The first kappa shape index (κ1) is 9.47. The van der Waals surface area contributed by atoms with E-state index in [1.807, 2.05) is 0 Å². The number of hydrogen-bond donors (Lipinski definition) is 0. The zero-order chi connectivity index (χ0) is 10.1. The second kappa shape index (κ2) is 3.58. The Balaban J connectivity index is 2.49. The van der Waals surface area contributed by atoms with E-state index in [0.717, 1.165) is 6.42 Å². The smallest absolute Gasteiger partial charge is 0.0795 e. The van der Waals surface area contributed by atoms with Crippen LogP contribution in [0.3, 0.4) is 0 Å². The molecule has 0 aromatic heterocycles. The van der Waals surface area contributed by atoms with Crippen LogP contribution in [0.4, 0.5) is 0 Å². The van der Waals surface area contributed by atoms with Gasteiger partial charge in [0, 0.05) is 13.5 Å². The van der Waals surface area contributed by atoms with Crippen molar-refractivity contribution in [2.75, 3.05) is 7.11 Å². The summed E-state index contributed by atoms with van der Waals surface area (Å²) < 4.78 is 5.36. The summed E-state index contributed by atoms with van der Waals surface area (Å²) in [6, 6.07) is 4.38. The molecule has 1 atom stereocenters. The van der Waals surface area contributed by atoms with Gasteiger partial charge < -0.3 is 4.74 Å². The first-order chi connectivity index (χ1) is 6.72. The van der Waals surface area contributed by atoms with Gasteiger partial charge in [0.2, 0.25) is 0 Å². The van der Waals surface area contributed by atoms with Crippen LogP contribution >= 0.6 is 0 Å². The number of methoxy groups -OCH3 is 1. The van der Waals surface area contributed by atoms with Gasteiger partial charge in [-0.15, -0.1) is 0 Å². The number of benzene rings is 1. The van der Waals surface area contributed by atoms with E-state index in [9.17, 15) is 0 Å². The van der Waals surface area contributed by atoms with Crippen molar-refractivity contribution in [1.29, 1.82) is 0 Å². The summed E-state index contributed by atoms with van der Waals surface area (Å²) >= 11 is 0. The van der Waals surface area contributed by atoms with Crippen LogP contribution in [0.5, 0.6) is 0 Å². The molecule has 0 radical (unpaired) electrons. The molecule has 0 heterocycles. The van der Waals surface area contributed by atoms with Gasteiger partial charge in [-0.25, -0.2) is 0 Å². The van der Waals surface area contributed by atoms with Crippen LogP contribution in [0.2, 0.25) is 0 Å². The first-order valence-electron chi connectivity index (χ1n) is 5.02. The highest BCUT2D eigenvalue weighted by molar-refractivity contribution is 5.62. The normalized spacial score (nSPS) is 19.5. The minimum atomic E-state index is 0.253. The van der Waals surface area contributed by atoms with E-state index >= 15 is 0 Å². The van der Waals surface area contributed by atoms with Crippen LogP contribution in [0.15, 0.2) is 18.2 Å². The zero-order valence-corrected chi connectivity index (χ0v) is 9.00. The molecule has 14 heavy (non-hydrogen) atoms. The van der Waals surface area contributed by atoms with Crippen LogP contribution in [-0.2, 0) is 11.2 Å². The Hall–Kier alpha value is -1.08. The molecule has 1 aromatic rings. The van der Waals surface area contributed by atoms with Crippen molar-refractivity contribution >= 4 is 6.08 Å². The topological polar surface area (TPSA) is 9.23 Å². The minimum Gasteiger partial charge on any atom is -0.377 e. The third kappa shape index (κ3) is 1.48. The molecule has 1 aliphatic rings. The quantitative estimate of drug-likeness (QED) is 0.658. The molecule has 0 aliphatic heterocycles. The fourth-order valence-corrected chi connectivity index (χ4v) is 2.03. The van der Waals surface area contributed by atoms with E-state index in [0.29, 0.717) is 0 Å². The summed E-state index contributed by atoms with van der Waals surface area (Å²) in [5, 5.41) is 0. The molecule has 1 nitrogen and oxygen atoms in total. The van der Waals surface area contributed by atoms with Crippen LogP contribution in [0.25, 0.3) is 6.08 Å². The van der Waals surface area contributed by atoms with E-state index in [1.165, 1.54) is 22.3 Å². The summed E-state index contributed by atoms with van der Waals surface area (Å²) in [5.74, 6) is 0. The molecule has 1 heteroatoms. The lowest BCUT2D eigenvalue weighted by Gasteiger charge is -2.21. The van der Waals surface area contributed by atoms with Gasteiger partial charge in [-0.05, 0) is 36.1 Å². The van der Waals surface area contributed by atoms with E-state index in [4.69, 9.17) is 4.74 Å². The number of ether oxygens (including phenoxy) is 1. The summed E-state index contributed by atoms with van der Waals surface area (Å²) in [4.78, 5) is 0. The molecule has 0 fully saturated rings. The van der Waals surface area contributed by atoms with Gasteiger partial charge in [0.05, 0.1) is 6.10 Å². The minimum absolute atomic E-state index is 0.253. The van der Waals surface area contributed by atoms with Gasteiger partial charge >= 0.3 is 0 Å². The number of fused-ring (bicyclic) bond motifs is 1. The van der Waals surface area contributed by atoms with Crippen molar-refractivity contribution in [3.05, 3.63) is 40.5 Å². The highest BCUT2D eigenvalue weighted by atomic mass is 16.5. The largest absolute Gasteiger partial charge is 0.377 e. The summed E-state index contributed by atoms with van der Waals surface area (Å²) in [6.07, 6.45) is 5.60. The fraction of sp³-hybridized carbons (Fsp3) is 0.385. The predicted octanol–water partition coefficient (Wildman–Crippen LogP) is 2.89. The van der Waals surface area contributed by atoms with Crippen molar-refractivity contribution in [3.63, 3.8) is 0 Å². The Labute approximate surface area is 85.4 Å². The lowest BCUT2D eigenvalue weighted by molar-refractivity contribution is 0.141. The van der Waals surface area contributed by atoms with Crippen LogP contribution < -0.4 is 0 Å². The first-order valence-corrected chi connectivity index (χ1v) is 5.02. The van der Waals surface area contributed by atoms with Gasteiger partial charge in [-0.2, -0.15) is 0 Å². The van der Waals surface area contributed by atoms with Crippen molar-refractivity contribution in [2.24, 2.45) is 0 Å². The highest BCUT2D eigenvalue weighted by Crippen LogP contribution is 2.26. The highest BCUT2D eigenvalue weighted by Gasteiger charge is 2.15. The Morgan fingerprint density at radius 1 is 1.21 bits per heavy atom. The molecule has 1 unspecified atom stereocenters. The lowest BCUT2D eigenvalue weighted by atomic mass is 9.89. The zero-order valence-electron chi connectivity index (χ0n) is 9.00. The molecular weight excluding hydrogens is 172 g/mol. The number of rotatable bonds is 1. The van der Waals surface area contributed by atoms with Gasteiger partial charge in [0.1, 0.15) is 0 Å². The molecular formula is C13H16O. The number of hydrogen-bond acceptors (Lipinski definition) is 1. The monoisotopic (exact) mass is 188 g/mol. The standard InChI is InChI=1S/C13H16O/c1-9-4-5-10(2)13-8-11(14-3)6-7-12(9)13/h4-7,11H,8H2,1-3H3. The molecule has 2 rings (SSSR count). The molecule has 74 valence electrons. The average molecular weight is 188 g/mol. The molecule has 1 aromatic carbocycles. The second-order valence-corrected chi connectivity index (χ2v) is 3.93. The molecule has 0 bridgehead atoms. The summed E-state index contributed by atoms with van der Waals surface area (Å²) in [6.45, 7) is 4.33. The molecule has 0 saturated carbocycles. The number of aryl methyl sites for hydroxylation is 2. The molecule has 0 N–H and O–H groups in total. The van der Waals surface area contributed by atoms with Gasteiger partial charge in [-0.1, -0.05) is 24.3 Å². The maximum Gasteiger partial charge on any atom is 0.0795 e. The van der Waals surface area contributed by atoms with E-state index < -0.39 is 0 Å². The molecule has 1 aliphatic carbocycles. The molecule has 0 spiro atoms. The second-order valence-electron chi connectivity index (χ2n) is 3.93. The Kier molecular flexibility index (Phi) is 2.42. The Morgan fingerprint density at radius 2 is 1.93 bits per heavy atom. The van der Waals surface area contributed by atoms with Crippen molar-refractivity contribution < 1.29 is 4.74 Å². The van der Waals surface area contributed by atoms with Crippen LogP contribution in [0, 0.1) is 13.8 Å². The SMILES string of the molecule is COC1C=Cc2c(C)ccc(C)c2C1. The van der Waals surface area contributed by atoms with Crippen LogP contribution in [-0.4, -0.2) is 13.2 Å². The third-order valence-corrected chi connectivity index (χ3v) is 2.99. The van der Waals surface area contributed by atoms with E-state index in [-0.39, 0.29) is 6.10 Å². The lowest BCUT2D eigenvalue weighted by Crippen LogP contribution is -2.16. The van der Waals surface area contributed by atoms with Crippen LogP contribution in [0.1, 0.15) is 22.3 Å². The van der Waals surface area contributed by atoms with Gasteiger partial charge in [0.25, 0.3) is 0 Å². The maximum atomic E-state index is 5.36. The van der Waals surface area contributed by atoms with Gasteiger partial charge in [0.15, 0.2) is 0 Å². The predicted molar refractivity (Wildman–Crippen MR) is 59.5 cm³/mol. The maximum absolute atomic E-state index is 5.36. The van der Waals surface area contributed by atoms with E-state index in [1.54, 1.807) is 7.11 Å². The Morgan fingerprint density at radius 3 is 2.64 bits per heavy atom. The van der Waals surface area contributed by atoms with Crippen molar-refractivity contribution in [1.82, 2.24) is 0 Å². The average Bonchev–Trinajstić information content (AvgIpc) is 2.23. The summed E-state index contributed by atoms with van der Waals surface area (Å²) in [5.41, 5.74) is 5.56.